The maximum Gasteiger partial charge on any atom is 0.407 e. The van der Waals surface area contributed by atoms with Crippen LogP contribution in [0.3, 0.4) is 0 Å². The van der Waals surface area contributed by atoms with Gasteiger partial charge in [0.15, 0.2) is 0 Å². The third-order valence-corrected chi connectivity index (χ3v) is 6.86. The molecule has 1 aliphatic carbocycles. The molecule has 8 heteroatoms. The molecule has 2 N–H and O–H groups in total. The number of ether oxygens (including phenoxy) is 1. The molecule has 186 valence electrons. The van der Waals surface area contributed by atoms with Crippen LogP contribution in [0.1, 0.15) is 36.3 Å². The number of carboxylic acids is 1. The van der Waals surface area contributed by atoms with Gasteiger partial charge in [-0.25, -0.2) is 4.79 Å². The van der Waals surface area contributed by atoms with Gasteiger partial charge in [-0.2, -0.15) is 0 Å². The first-order chi connectivity index (χ1) is 16.8. The monoisotopic (exact) mass is 479 g/mol. The number of aliphatic carboxylic acids is 1. The molecule has 0 bridgehead atoms. The second-order valence-electron chi connectivity index (χ2n) is 9.65. The molecule has 2 aliphatic rings. The highest BCUT2D eigenvalue weighted by molar-refractivity contribution is 5.89. The largest absolute Gasteiger partial charge is 0.481 e. The van der Waals surface area contributed by atoms with Crippen molar-refractivity contribution in [2.75, 3.05) is 40.3 Å². The summed E-state index contributed by atoms with van der Waals surface area (Å²) in [5.74, 6) is -1.13. The SMILES string of the molecule is CN(C)CC1CCN(C(=O)C(CC(=O)O)NC(=O)OCC2c3ccccc3-c3ccccc32)CC1. The second kappa shape index (κ2) is 10.9. The molecule has 2 aromatic rings. The number of rotatable bonds is 8. The molecule has 1 atom stereocenters. The molecular weight excluding hydrogens is 446 g/mol. The highest BCUT2D eigenvalue weighted by atomic mass is 16.5. The standard InChI is InChI=1S/C27H33N3O5/c1-29(2)16-18-11-13-30(14-12-18)26(33)24(15-25(31)32)28-27(34)35-17-23-21-9-5-3-7-19(21)20-8-4-6-10-22(20)23/h3-10,18,23-24H,11-17H2,1-2H3,(H,28,34)(H,31,32). The average Bonchev–Trinajstić information content (AvgIpc) is 3.15. The number of carbonyl (C=O) groups is 3. The lowest BCUT2D eigenvalue weighted by Gasteiger charge is -2.35. The van der Waals surface area contributed by atoms with E-state index in [0.717, 1.165) is 41.6 Å². The number of amides is 2. The molecule has 0 spiro atoms. The molecule has 1 fully saturated rings. The Hall–Kier alpha value is -3.39. The number of nitrogens with zero attached hydrogens (tertiary/aromatic N) is 2. The lowest BCUT2D eigenvalue weighted by atomic mass is 9.95. The number of carboxylic acid groups (broad SMARTS) is 1. The number of benzene rings is 2. The number of fused-ring (bicyclic) bond motifs is 3. The van der Waals surface area contributed by atoms with Crippen LogP contribution in [0.25, 0.3) is 11.1 Å². The Labute approximate surface area is 205 Å². The molecule has 1 heterocycles. The van der Waals surface area contributed by atoms with Gasteiger partial charge in [0.25, 0.3) is 0 Å². The van der Waals surface area contributed by atoms with Crippen LogP contribution in [0.5, 0.6) is 0 Å². The normalized spacial score (nSPS) is 16.5. The van der Waals surface area contributed by atoms with Crippen molar-refractivity contribution in [1.82, 2.24) is 15.1 Å². The van der Waals surface area contributed by atoms with Crippen molar-refractivity contribution in [2.45, 2.75) is 31.2 Å². The molecule has 1 unspecified atom stereocenters. The fourth-order valence-corrected chi connectivity index (χ4v) is 5.23. The number of alkyl carbamates (subject to hydrolysis) is 1. The molecule has 0 aromatic heterocycles. The van der Waals surface area contributed by atoms with Crippen molar-refractivity contribution in [3.05, 3.63) is 59.7 Å². The quantitative estimate of drug-likeness (QED) is 0.604. The summed E-state index contributed by atoms with van der Waals surface area (Å²) in [6.45, 7) is 2.17. The molecular formula is C27H33N3O5. The second-order valence-corrected chi connectivity index (χ2v) is 9.65. The van der Waals surface area contributed by atoms with Crippen molar-refractivity contribution in [2.24, 2.45) is 5.92 Å². The predicted molar refractivity (Wildman–Crippen MR) is 132 cm³/mol. The zero-order valence-corrected chi connectivity index (χ0v) is 20.3. The minimum Gasteiger partial charge on any atom is -0.481 e. The molecule has 4 rings (SSSR count). The number of carbonyl (C=O) groups excluding carboxylic acids is 2. The molecule has 2 aromatic carbocycles. The number of likely N-dealkylation sites (tertiary alicyclic amines) is 1. The molecule has 2 amide bonds. The van der Waals surface area contributed by atoms with E-state index in [1.54, 1.807) is 4.90 Å². The van der Waals surface area contributed by atoms with Gasteiger partial charge in [0, 0.05) is 25.6 Å². The summed E-state index contributed by atoms with van der Waals surface area (Å²) in [5.41, 5.74) is 4.41. The Kier molecular flexibility index (Phi) is 7.70. The Morgan fingerprint density at radius 2 is 1.60 bits per heavy atom. The Balaban J connectivity index is 1.37. The van der Waals surface area contributed by atoms with Crippen LogP contribution in [0.15, 0.2) is 48.5 Å². The van der Waals surface area contributed by atoms with Crippen LogP contribution in [0.4, 0.5) is 4.79 Å². The highest BCUT2D eigenvalue weighted by Gasteiger charge is 2.33. The first kappa shape index (κ1) is 24.7. The van der Waals surface area contributed by atoms with E-state index in [2.05, 4.69) is 22.3 Å². The third-order valence-electron chi connectivity index (χ3n) is 6.86. The van der Waals surface area contributed by atoms with Crippen molar-refractivity contribution < 1.29 is 24.2 Å². The van der Waals surface area contributed by atoms with Crippen LogP contribution >= 0.6 is 0 Å². The van der Waals surface area contributed by atoms with Gasteiger partial charge >= 0.3 is 12.1 Å². The summed E-state index contributed by atoms with van der Waals surface area (Å²) < 4.78 is 5.53. The van der Waals surface area contributed by atoms with E-state index in [1.165, 1.54) is 0 Å². The van der Waals surface area contributed by atoms with E-state index in [-0.39, 0.29) is 18.4 Å². The number of piperidine rings is 1. The van der Waals surface area contributed by atoms with Gasteiger partial charge in [-0.05, 0) is 55.1 Å². The molecule has 0 radical (unpaired) electrons. The van der Waals surface area contributed by atoms with E-state index in [1.807, 2.05) is 50.5 Å². The fraction of sp³-hybridized carbons (Fsp3) is 0.444. The highest BCUT2D eigenvalue weighted by Crippen LogP contribution is 2.44. The fourth-order valence-electron chi connectivity index (χ4n) is 5.23. The van der Waals surface area contributed by atoms with Crippen LogP contribution in [-0.4, -0.2) is 79.3 Å². The maximum atomic E-state index is 13.1. The van der Waals surface area contributed by atoms with E-state index >= 15 is 0 Å². The lowest BCUT2D eigenvalue weighted by Crippen LogP contribution is -2.52. The smallest absolute Gasteiger partial charge is 0.407 e. The first-order valence-corrected chi connectivity index (χ1v) is 12.1. The minimum absolute atomic E-state index is 0.101. The van der Waals surface area contributed by atoms with E-state index in [4.69, 9.17) is 4.74 Å². The van der Waals surface area contributed by atoms with Gasteiger partial charge in [0.2, 0.25) is 5.91 Å². The summed E-state index contributed by atoms with van der Waals surface area (Å²) >= 11 is 0. The Morgan fingerprint density at radius 1 is 1.03 bits per heavy atom. The van der Waals surface area contributed by atoms with Gasteiger partial charge in [0.1, 0.15) is 12.6 Å². The number of hydrogen-bond acceptors (Lipinski definition) is 5. The van der Waals surface area contributed by atoms with E-state index in [9.17, 15) is 19.5 Å². The van der Waals surface area contributed by atoms with Gasteiger partial charge in [-0.1, -0.05) is 48.5 Å². The summed E-state index contributed by atoms with van der Waals surface area (Å²) in [7, 11) is 4.05. The van der Waals surface area contributed by atoms with E-state index < -0.39 is 24.5 Å². The third kappa shape index (κ3) is 5.82. The summed E-state index contributed by atoms with van der Waals surface area (Å²) in [6, 6.07) is 14.9. The van der Waals surface area contributed by atoms with Crippen molar-refractivity contribution in [3.8, 4) is 11.1 Å². The summed E-state index contributed by atoms with van der Waals surface area (Å²) in [5, 5.41) is 11.9. The zero-order chi connectivity index (χ0) is 24.9. The molecule has 35 heavy (non-hydrogen) atoms. The molecule has 1 aliphatic heterocycles. The Morgan fingerprint density at radius 3 is 2.14 bits per heavy atom. The van der Waals surface area contributed by atoms with Crippen molar-refractivity contribution in [1.29, 1.82) is 0 Å². The number of nitrogens with one attached hydrogen (secondary N) is 1. The predicted octanol–water partition coefficient (Wildman–Crippen LogP) is 3.17. The summed E-state index contributed by atoms with van der Waals surface area (Å²) in [6.07, 6.45) is 0.443. The average molecular weight is 480 g/mol. The zero-order valence-electron chi connectivity index (χ0n) is 20.3. The number of hydrogen-bond donors (Lipinski definition) is 2. The van der Waals surface area contributed by atoms with Crippen molar-refractivity contribution in [3.63, 3.8) is 0 Å². The molecule has 8 nitrogen and oxygen atoms in total. The van der Waals surface area contributed by atoms with Gasteiger partial charge < -0.3 is 25.0 Å². The van der Waals surface area contributed by atoms with Crippen LogP contribution < -0.4 is 5.32 Å². The summed E-state index contributed by atoms with van der Waals surface area (Å²) in [4.78, 5) is 41.0. The lowest BCUT2D eigenvalue weighted by molar-refractivity contribution is -0.143. The van der Waals surface area contributed by atoms with Gasteiger partial charge in [-0.3, -0.25) is 9.59 Å². The van der Waals surface area contributed by atoms with Crippen molar-refractivity contribution >= 4 is 18.0 Å². The van der Waals surface area contributed by atoms with E-state index in [0.29, 0.717) is 19.0 Å². The minimum atomic E-state index is -1.16. The van der Waals surface area contributed by atoms with Crippen LogP contribution in [0, 0.1) is 5.92 Å². The van der Waals surface area contributed by atoms with Gasteiger partial charge in [-0.15, -0.1) is 0 Å². The topological polar surface area (TPSA) is 99.2 Å². The van der Waals surface area contributed by atoms with Crippen LogP contribution in [-0.2, 0) is 14.3 Å². The van der Waals surface area contributed by atoms with Crippen LogP contribution in [0.2, 0.25) is 0 Å². The maximum absolute atomic E-state index is 13.1. The first-order valence-electron chi connectivity index (χ1n) is 12.1. The van der Waals surface area contributed by atoms with Gasteiger partial charge in [0.05, 0.1) is 6.42 Å². The Bertz CT molecular complexity index is 1030. The molecule has 1 saturated heterocycles. The molecule has 0 saturated carbocycles.